The highest BCUT2D eigenvalue weighted by Crippen LogP contribution is 2.17. The highest BCUT2D eigenvalue weighted by Gasteiger charge is 2.19. The largest absolute Gasteiger partial charge is 0.451 e. The summed E-state index contributed by atoms with van der Waals surface area (Å²) in [5, 5.41) is 15.6. The summed E-state index contributed by atoms with van der Waals surface area (Å²) in [5.74, 6) is -1.87. The fraction of sp³-hybridized carbons (Fsp3) is 0.250. The number of nitrogens with zero attached hydrogens (tertiary/aromatic N) is 1. The number of hydrogen-bond donors (Lipinski definition) is 2. The Morgan fingerprint density at radius 2 is 1.83 bits per heavy atom. The lowest BCUT2D eigenvalue weighted by Crippen LogP contribution is -2.35. The Hall–Kier alpha value is -3.75. The number of hydrogen-bond acceptors (Lipinski definition) is 6. The summed E-state index contributed by atoms with van der Waals surface area (Å²) in [5.41, 5.74) is 2.44. The highest BCUT2D eigenvalue weighted by atomic mass is 16.6. The third kappa shape index (κ3) is 6.13. The molecule has 2 aromatic rings. The molecule has 2 amide bonds. The van der Waals surface area contributed by atoms with Crippen LogP contribution in [-0.4, -0.2) is 35.4 Å². The number of ether oxygens (including phenoxy) is 1. The van der Waals surface area contributed by atoms with E-state index in [2.05, 4.69) is 10.6 Å². The number of nitro benzene ring substituents is 1. The van der Waals surface area contributed by atoms with Crippen LogP contribution >= 0.6 is 0 Å². The molecule has 152 valence electrons. The summed E-state index contributed by atoms with van der Waals surface area (Å²) in [6.07, 6.45) is -1.15. The van der Waals surface area contributed by atoms with Crippen LogP contribution in [0.4, 0.5) is 11.4 Å². The topological polar surface area (TPSA) is 128 Å². The Morgan fingerprint density at radius 1 is 1.10 bits per heavy atom. The number of nitro groups is 1. The van der Waals surface area contributed by atoms with Crippen LogP contribution < -0.4 is 10.6 Å². The van der Waals surface area contributed by atoms with E-state index in [1.807, 2.05) is 19.9 Å². The van der Waals surface area contributed by atoms with E-state index in [4.69, 9.17) is 4.74 Å². The highest BCUT2D eigenvalue weighted by molar-refractivity contribution is 5.97. The van der Waals surface area contributed by atoms with E-state index in [-0.39, 0.29) is 11.4 Å². The third-order valence-corrected chi connectivity index (χ3v) is 4.16. The van der Waals surface area contributed by atoms with Crippen molar-refractivity contribution in [3.8, 4) is 0 Å². The molecular formula is C20H21N3O6. The van der Waals surface area contributed by atoms with Crippen molar-refractivity contribution in [2.75, 3.05) is 11.9 Å². The van der Waals surface area contributed by atoms with E-state index in [1.165, 1.54) is 31.2 Å². The second-order valence-corrected chi connectivity index (χ2v) is 6.41. The number of benzene rings is 2. The number of anilines is 1. The standard InChI is InChI=1S/C20H21N3O6/c1-12-7-8-15(9-13(12)2)20(26)21-11-18(24)29-14(3)19(25)22-16-5-4-6-17(10-16)23(27)28/h4-10,14H,11H2,1-3H3,(H,21,26)(H,22,25). The number of aryl methyl sites for hydroxylation is 2. The molecule has 2 N–H and O–H groups in total. The zero-order valence-electron chi connectivity index (χ0n) is 16.2. The Kier molecular flexibility index (Phi) is 7.02. The fourth-order valence-corrected chi connectivity index (χ4v) is 2.37. The van der Waals surface area contributed by atoms with Crippen LogP contribution in [0.3, 0.4) is 0 Å². The maximum Gasteiger partial charge on any atom is 0.326 e. The molecule has 1 unspecified atom stereocenters. The minimum atomic E-state index is -1.15. The van der Waals surface area contributed by atoms with Crippen LogP contribution in [0.1, 0.15) is 28.4 Å². The lowest BCUT2D eigenvalue weighted by atomic mass is 10.1. The lowest BCUT2D eigenvalue weighted by molar-refractivity contribution is -0.384. The first kappa shape index (κ1) is 21.5. The van der Waals surface area contributed by atoms with Crippen LogP contribution in [0.25, 0.3) is 0 Å². The van der Waals surface area contributed by atoms with Crippen LogP contribution in [0.2, 0.25) is 0 Å². The number of esters is 1. The van der Waals surface area contributed by atoms with Crippen LogP contribution in [0, 0.1) is 24.0 Å². The van der Waals surface area contributed by atoms with Gasteiger partial charge in [-0.1, -0.05) is 12.1 Å². The second kappa shape index (κ2) is 9.45. The monoisotopic (exact) mass is 399 g/mol. The predicted molar refractivity (Wildman–Crippen MR) is 106 cm³/mol. The van der Waals surface area contributed by atoms with Crippen molar-refractivity contribution >= 4 is 29.2 Å². The van der Waals surface area contributed by atoms with Gasteiger partial charge in [-0.15, -0.1) is 0 Å². The van der Waals surface area contributed by atoms with Crippen LogP contribution in [-0.2, 0) is 14.3 Å². The van der Waals surface area contributed by atoms with Crippen molar-refractivity contribution in [1.82, 2.24) is 5.32 Å². The van der Waals surface area contributed by atoms with Crippen LogP contribution in [0.15, 0.2) is 42.5 Å². The number of carbonyl (C=O) groups excluding carboxylic acids is 3. The van der Waals surface area contributed by atoms with Gasteiger partial charge in [-0.2, -0.15) is 0 Å². The Balaban J connectivity index is 1.85. The summed E-state index contributed by atoms with van der Waals surface area (Å²) in [6, 6.07) is 10.6. The maximum absolute atomic E-state index is 12.1. The average Bonchev–Trinajstić information content (AvgIpc) is 2.68. The van der Waals surface area contributed by atoms with E-state index in [0.717, 1.165) is 11.1 Å². The molecule has 2 rings (SSSR count). The van der Waals surface area contributed by atoms with Gasteiger partial charge in [0.2, 0.25) is 0 Å². The van der Waals surface area contributed by atoms with Crippen molar-refractivity contribution in [3.05, 3.63) is 69.3 Å². The van der Waals surface area contributed by atoms with E-state index in [0.29, 0.717) is 5.56 Å². The van der Waals surface area contributed by atoms with Gasteiger partial charge in [-0.05, 0) is 50.1 Å². The molecule has 0 bridgehead atoms. The number of carbonyl (C=O) groups is 3. The molecule has 0 heterocycles. The number of rotatable bonds is 7. The Morgan fingerprint density at radius 3 is 2.48 bits per heavy atom. The van der Waals surface area contributed by atoms with E-state index in [1.54, 1.807) is 12.1 Å². The fourth-order valence-electron chi connectivity index (χ4n) is 2.37. The molecular weight excluding hydrogens is 378 g/mol. The van der Waals surface area contributed by atoms with Crippen molar-refractivity contribution in [2.45, 2.75) is 26.9 Å². The molecule has 0 radical (unpaired) electrons. The molecule has 0 aliphatic rings. The number of nitrogens with one attached hydrogen (secondary N) is 2. The van der Waals surface area contributed by atoms with Crippen LogP contribution in [0.5, 0.6) is 0 Å². The smallest absolute Gasteiger partial charge is 0.326 e. The van der Waals surface area contributed by atoms with Gasteiger partial charge in [0, 0.05) is 23.4 Å². The lowest BCUT2D eigenvalue weighted by Gasteiger charge is -2.14. The van der Waals surface area contributed by atoms with Gasteiger partial charge < -0.3 is 15.4 Å². The summed E-state index contributed by atoms with van der Waals surface area (Å²) in [4.78, 5) is 46.3. The molecule has 0 aliphatic carbocycles. The van der Waals surface area contributed by atoms with Gasteiger partial charge in [0.05, 0.1) is 4.92 Å². The van der Waals surface area contributed by atoms with Gasteiger partial charge in [-0.25, -0.2) is 0 Å². The van der Waals surface area contributed by atoms with E-state index in [9.17, 15) is 24.5 Å². The summed E-state index contributed by atoms with van der Waals surface area (Å²) in [7, 11) is 0. The first-order valence-corrected chi connectivity index (χ1v) is 8.77. The molecule has 9 heteroatoms. The summed E-state index contributed by atoms with van der Waals surface area (Å²) in [6.45, 7) is 4.76. The number of amides is 2. The van der Waals surface area contributed by atoms with Crippen molar-refractivity contribution in [3.63, 3.8) is 0 Å². The first-order valence-electron chi connectivity index (χ1n) is 8.77. The van der Waals surface area contributed by atoms with Crippen molar-refractivity contribution in [2.24, 2.45) is 0 Å². The van der Waals surface area contributed by atoms with Gasteiger partial charge in [-0.3, -0.25) is 24.5 Å². The Labute approximate surface area is 167 Å². The molecule has 0 saturated carbocycles. The maximum atomic E-state index is 12.1. The zero-order valence-corrected chi connectivity index (χ0v) is 16.2. The molecule has 1 atom stereocenters. The molecule has 0 aromatic heterocycles. The molecule has 0 aliphatic heterocycles. The quantitative estimate of drug-likeness (QED) is 0.418. The predicted octanol–water partition coefficient (Wildman–Crippen LogP) is 2.51. The van der Waals surface area contributed by atoms with E-state index < -0.39 is 35.4 Å². The average molecular weight is 399 g/mol. The summed E-state index contributed by atoms with van der Waals surface area (Å²) < 4.78 is 4.99. The summed E-state index contributed by atoms with van der Waals surface area (Å²) >= 11 is 0. The minimum absolute atomic E-state index is 0.179. The van der Waals surface area contributed by atoms with Gasteiger partial charge in [0.15, 0.2) is 6.10 Å². The van der Waals surface area contributed by atoms with Gasteiger partial charge in [0.25, 0.3) is 17.5 Å². The van der Waals surface area contributed by atoms with Crippen molar-refractivity contribution in [1.29, 1.82) is 0 Å². The van der Waals surface area contributed by atoms with E-state index >= 15 is 0 Å². The molecule has 9 nitrogen and oxygen atoms in total. The van der Waals surface area contributed by atoms with Gasteiger partial charge in [0.1, 0.15) is 6.54 Å². The molecule has 0 spiro atoms. The zero-order chi connectivity index (χ0) is 21.6. The SMILES string of the molecule is Cc1ccc(C(=O)NCC(=O)OC(C)C(=O)Nc2cccc([N+](=O)[O-])c2)cc1C. The molecule has 0 fully saturated rings. The molecule has 2 aromatic carbocycles. The normalized spacial score (nSPS) is 11.3. The molecule has 0 saturated heterocycles. The minimum Gasteiger partial charge on any atom is -0.451 e. The second-order valence-electron chi connectivity index (χ2n) is 6.41. The third-order valence-electron chi connectivity index (χ3n) is 4.16. The van der Waals surface area contributed by atoms with Crippen molar-refractivity contribution < 1.29 is 24.0 Å². The number of non-ortho nitro benzene ring substituents is 1. The Bertz CT molecular complexity index is 957. The first-order chi connectivity index (χ1) is 13.7. The molecule has 29 heavy (non-hydrogen) atoms. The van der Waals surface area contributed by atoms with Gasteiger partial charge >= 0.3 is 5.97 Å².